The van der Waals surface area contributed by atoms with E-state index in [1.54, 1.807) is 0 Å². The normalized spacial score (nSPS) is 15.4. The lowest BCUT2D eigenvalue weighted by atomic mass is 10.1. The van der Waals surface area contributed by atoms with Gasteiger partial charge in [-0.15, -0.1) is 0 Å². The number of piperazine rings is 1. The maximum absolute atomic E-state index is 10.3. The number of aliphatic hydroxyl groups excluding tert-OH is 1. The largest absolute Gasteiger partial charge is 1.00 e. The highest BCUT2D eigenvalue weighted by atomic mass is 35.5. The molecule has 1 saturated heterocycles. The monoisotopic (exact) mass is 410 g/mol. The molecule has 150 valence electrons. The van der Waals surface area contributed by atoms with Gasteiger partial charge in [-0.2, -0.15) is 0 Å². The van der Waals surface area contributed by atoms with Gasteiger partial charge in [-0.05, 0) is 49.2 Å². The first-order chi connectivity index (χ1) is 12.1. The van der Waals surface area contributed by atoms with Crippen LogP contribution in [0.15, 0.2) is 48.5 Å². The van der Waals surface area contributed by atoms with Crippen molar-refractivity contribution in [2.45, 2.75) is 20.0 Å². The van der Waals surface area contributed by atoms with Crippen LogP contribution in [0.1, 0.15) is 11.1 Å². The molecule has 4 nitrogen and oxygen atoms in total. The number of anilines is 1. The van der Waals surface area contributed by atoms with Crippen LogP contribution in [0.3, 0.4) is 0 Å². The van der Waals surface area contributed by atoms with Crippen molar-refractivity contribution in [1.82, 2.24) is 4.90 Å². The summed E-state index contributed by atoms with van der Waals surface area (Å²) in [5, 5.41) is 10.3. The minimum Gasteiger partial charge on any atom is -1.00 e. The van der Waals surface area contributed by atoms with Crippen LogP contribution in [0.25, 0.3) is 0 Å². The Morgan fingerprint density at radius 3 is 2.11 bits per heavy atom. The number of benzene rings is 2. The van der Waals surface area contributed by atoms with Gasteiger partial charge in [-0.3, -0.25) is 4.90 Å². The average Bonchev–Trinajstić information content (AvgIpc) is 2.61. The lowest BCUT2D eigenvalue weighted by Crippen LogP contribution is -3.00. The van der Waals surface area contributed by atoms with Crippen molar-refractivity contribution < 1.29 is 34.7 Å². The van der Waals surface area contributed by atoms with E-state index in [0.29, 0.717) is 13.2 Å². The van der Waals surface area contributed by atoms with Crippen molar-refractivity contribution in [1.29, 1.82) is 0 Å². The van der Waals surface area contributed by atoms with Gasteiger partial charge in [0.2, 0.25) is 0 Å². The summed E-state index contributed by atoms with van der Waals surface area (Å²) >= 11 is 0. The zero-order chi connectivity index (χ0) is 17.6. The van der Waals surface area contributed by atoms with Crippen LogP contribution in [0.4, 0.5) is 5.69 Å². The average molecular weight is 411 g/mol. The molecule has 0 aliphatic carbocycles. The number of halogens is 2. The third kappa shape index (κ3) is 7.23. The van der Waals surface area contributed by atoms with Crippen molar-refractivity contribution in [3.8, 4) is 5.75 Å². The second-order valence-corrected chi connectivity index (χ2v) is 6.91. The van der Waals surface area contributed by atoms with Crippen LogP contribution in [0.5, 0.6) is 5.75 Å². The number of nitrogens with zero attached hydrogens (tertiary/aromatic N) is 2. The molecule has 3 rings (SSSR count). The lowest BCUT2D eigenvalue weighted by Gasteiger charge is -2.36. The minimum atomic E-state index is -0.468. The van der Waals surface area contributed by atoms with E-state index >= 15 is 0 Å². The number of aryl methyl sites for hydroxylation is 2. The molecule has 0 saturated carbocycles. The summed E-state index contributed by atoms with van der Waals surface area (Å²) in [5.74, 6) is 0.838. The van der Waals surface area contributed by atoms with Crippen LogP contribution in [-0.2, 0) is 0 Å². The molecule has 1 unspecified atom stereocenters. The fourth-order valence-electron chi connectivity index (χ4n) is 3.39. The molecular formula is C21H28Cl2N2O2-2. The SMILES string of the molecule is Cc1cc(C)cc(OCC(O)CN2CCN(c3ccccc3)CC2)c1.[Cl-].[Cl-]. The summed E-state index contributed by atoms with van der Waals surface area (Å²) in [7, 11) is 0. The number of rotatable bonds is 6. The summed E-state index contributed by atoms with van der Waals surface area (Å²) in [4.78, 5) is 4.71. The van der Waals surface area contributed by atoms with E-state index in [1.165, 1.54) is 16.8 Å². The molecule has 1 fully saturated rings. The second-order valence-electron chi connectivity index (χ2n) is 6.91. The molecule has 27 heavy (non-hydrogen) atoms. The molecule has 1 N–H and O–H groups in total. The Bertz CT molecular complexity index is 657. The molecule has 0 radical (unpaired) electrons. The van der Waals surface area contributed by atoms with Crippen LogP contribution >= 0.6 is 0 Å². The molecule has 1 heterocycles. The Morgan fingerprint density at radius 2 is 1.52 bits per heavy atom. The van der Waals surface area contributed by atoms with Gasteiger partial charge in [-0.1, -0.05) is 24.3 Å². The number of para-hydroxylation sites is 1. The molecule has 0 amide bonds. The summed E-state index contributed by atoms with van der Waals surface area (Å²) < 4.78 is 5.77. The lowest BCUT2D eigenvalue weighted by molar-refractivity contribution is -0.00100. The van der Waals surface area contributed by atoms with Gasteiger partial charge in [-0.25, -0.2) is 0 Å². The zero-order valence-electron chi connectivity index (χ0n) is 15.9. The third-order valence-electron chi connectivity index (χ3n) is 4.60. The van der Waals surface area contributed by atoms with E-state index in [2.05, 4.69) is 54.0 Å². The number of ether oxygens (including phenoxy) is 1. The minimum absolute atomic E-state index is 0. The molecular weight excluding hydrogens is 383 g/mol. The van der Waals surface area contributed by atoms with Crippen molar-refractivity contribution in [2.75, 3.05) is 44.2 Å². The smallest absolute Gasteiger partial charge is 0.119 e. The highest BCUT2D eigenvalue weighted by Crippen LogP contribution is 2.17. The van der Waals surface area contributed by atoms with Crippen molar-refractivity contribution in [3.63, 3.8) is 0 Å². The summed E-state index contributed by atoms with van der Waals surface area (Å²) in [6.45, 7) is 9.04. The third-order valence-corrected chi connectivity index (χ3v) is 4.60. The molecule has 1 aliphatic heterocycles. The van der Waals surface area contributed by atoms with Crippen LogP contribution in [0.2, 0.25) is 0 Å². The van der Waals surface area contributed by atoms with Gasteiger partial charge >= 0.3 is 0 Å². The Balaban J connectivity index is 0.00000182. The van der Waals surface area contributed by atoms with Gasteiger partial charge in [0, 0.05) is 38.4 Å². The van der Waals surface area contributed by atoms with E-state index in [9.17, 15) is 5.11 Å². The maximum atomic E-state index is 10.3. The van der Waals surface area contributed by atoms with Crippen molar-refractivity contribution in [2.24, 2.45) is 0 Å². The standard InChI is InChI=1S/C21H28N2O2.2ClH/c1-17-12-18(2)14-21(13-17)25-16-20(24)15-22-8-10-23(11-9-22)19-6-4-3-5-7-19;;/h3-7,12-14,20,24H,8-11,15-16H2,1-2H3;2*1H/p-2. The molecule has 0 bridgehead atoms. The molecule has 1 aliphatic rings. The van der Waals surface area contributed by atoms with Crippen LogP contribution in [0, 0.1) is 13.8 Å². The second kappa shape index (κ2) is 11.4. The fourth-order valence-corrected chi connectivity index (χ4v) is 3.39. The van der Waals surface area contributed by atoms with Crippen LogP contribution in [-0.4, -0.2) is 55.4 Å². The highest BCUT2D eigenvalue weighted by molar-refractivity contribution is 5.46. The molecule has 0 spiro atoms. The topological polar surface area (TPSA) is 35.9 Å². The van der Waals surface area contributed by atoms with Gasteiger partial charge in [0.25, 0.3) is 0 Å². The van der Waals surface area contributed by atoms with E-state index in [0.717, 1.165) is 31.9 Å². The number of β-amino-alcohol motifs (C(OH)–C–C–N with tert-alkyl or cyclic N) is 1. The first kappa shape index (κ1) is 23.6. The first-order valence-corrected chi connectivity index (χ1v) is 9.01. The number of aliphatic hydroxyl groups is 1. The summed E-state index contributed by atoms with van der Waals surface area (Å²) in [6.07, 6.45) is -0.468. The van der Waals surface area contributed by atoms with E-state index in [1.807, 2.05) is 18.2 Å². The predicted octanol–water partition coefficient (Wildman–Crippen LogP) is -3.13. The van der Waals surface area contributed by atoms with Crippen LogP contribution < -0.4 is 34.5 Å². The maximum Gasteiger partial charge on any atom is 0.119 e. The fraction of sp³-hybridized carbons (Fsp3) is 0.429. The molecule has 2 aromatic carbocycles. The van der Waals surface area contributed by atoms with E-state index in [4.69, 9.17) is 4.74 Å². The van der Waals surface area contributed by atoms with Gasteiger partial charge in [0.15, 0.2) is 0 Å². The van der Waals surface area contributed by atoms with Crippen molar-refractivity contribution >= 4 is 5.69 Å². The summed E-state index contributed by atoms with van der Waals surface area (Å²) in [6, 6.07) is 16.7. The number of hydrogen-bond donors (Lipinski definition) is 1. The Morgan fingerprint density at radius 1 is 0.926 bits per heavy atom. The van der Waals surface area contributed by atoms with Gasteiger partial charge in [0.1, 0.15) is 18.5 Å². The molecule has 1 atom stereocenters. The van der Waals surface area contributed by atoms with Gasteiger partial charge < -0.3 is 39.6 Å². The first-order valence-electron chi connectivity index (χ1n) is 9.01. The quantitative estimate of drug-likeness (QED) is 0.546. The molecule has 6 heteroatoms. The zero-order valence-corrected chi connectivity index (χ0v) is 17.5. The van der Waals surface area contributed by atoms with E-state index in [-0.39, 0.29) is 24.8 Å². The molecule has 2 aromatic rings. The Hall–Kier alpha value is -1.46. The van der Waals surface area contributed by atoms with Crippen molar-refractivity contribution in [3.05, 3.63) is 59.7 Å². The van der Waals surface area contributed by atoms with Gasteiger partial charge in [0.05, 0.1) is 0 Å². The Kier molecular flexibility index (Phi) is 9.95. The Labute approximate surface area is 175 Å². The highest BCUT2D eigenvalue weighted by Gasteiger charge is 2.19. The summed E-state index contributed by atoms with van der Waals surface area (Å²) in [5.41, 5.74) is 3.64. The van der Waals surface area contributed by atoms with E-state index < -0.39 is 6.10 Å². The number of hydrogen-bond acceptors (Lipinski definition) is 4. The predicted molar refractivity (Wildman–Crippen MR) is 103 cm³/mol. The molecule has 0 aromatic heterocycles.